The van der Waals surface area contributed by atoms with E-state index >= 15 is 0 Å². The first-order chi connectivity index (χ1) is 11.1. The highest BCUT2D eigenvalue weighted by molar-refractivity contribution is 14.0. The average Bonchev–Trinajstić information content (AvgIpc) is 3.21. The second-order valence-corrected chi connectivity index (χ2v) is 7.82. The van der Waals surface area contributed by atoms with Gasteiger partial charge in [-0.2, -0.15) is 11.8 Å². The molecule has 2 saturated heterocycles. The molecule has 3 unspecified atom stereocenters. The number of piperidine rings is 1. The first-order valence-corrected chi connectivity index (χ1v) is 9.50. The number of hydrogen-bond donors (Lipinski definition) is 2. The van der Waals surface area contributed by atoms with Crippen LogP contribution in [0.25, 0.3) is 0 Å². The van der Waals surface area contributed by atoms with Crippen molar-refractivity contribution < 1.29 is 5.11 Å². The Balaban J connectivity index is 0.00000208. The Morgan fingerprint density at radius 2 is 2.38 bits per heavy atom. The van der Waals surface area contributed by atoms with E-state index in [0.29, 0.717) is 18.5 Å². The number of aromatic nitrogens is 2. The summed E-state index contributed by atoms with van der Waals surface area (Å²) in [5, 5.41) is 13.9. The van der Waals surface area contributed by atoms with Crippen LogP contribution in [0.5, 0.6) is 0 Å². The van der Waals surface area contributed by atoms with Gasteiger partial charge in [-0.3, -0.25) is 4.99 Å². The van der Waals surface area contributed by atoms with E-state index in [1.165, 1.54) is 0 Å². The number of aliphatic imine (C=N–C) groups is 1. The minimum atomic E-state index is -0.590. The fourth-order valence-electron chi connectivity index (χ4n) is 3.41. The van der Waals surface area contributed by atoms with Gasteiger partial charge in [0.1, 0.15) is 0 Å². The normalized spacial score (nSPS) is 31.0. The Bertz CT molecular complexity index is 533. The number of imidazole rings is 1. The van der Waals surface area contributed by atoms with E-state index in [9.17, 15) is 5.11 Å². The second kappa shape index (κ2) is 8.75. The number of hydrogen-bond acceptors (Lipinski definition) is 4. The molecule has 0 bridgehead atoms. The standard InChI is InChI=1S/C16H27N5OS.HI/c1-13-3-6-20(9-14(13)21-7-5-18-12-21)15(17-2)19-10-16(22)4-8-23-11-16;/h5,7,12-14,22H,3-4,6,8-11H2,1-2H3,(H,17,19);1H. The van der Waals surface area contributed by atoms with Crippen molar-refractivity contribution in [1.82, 2.24) is 19.8 Å². The largest absolute Gasteiger partial charge is 0.387 e. The predicted molar refractivity (Wildman–Crippen MR) is 110 cm³/mol. The van der Waals surface area contributed by atoms with E-state index in [1.54, 1.807) is 0 Å². The summed E-state index contributed by atoms with van der Waals surface area (Å²) < 4.78 is 2.20. The van der Waals surface area contributed by atoms with Gasteiger partial charge in [0, 0.05) is 44.8 Å². The van der Waals surface area contributed by atoms with Crippen molar-refractivity contribution in [2.24, 2.45) is 10.9 Å². The summed E-state index contributed by atoms with van der Waals surface area (Å²) in [6.07, 6.45) is 7.77. The molecule has 0 spiro atoms. The first kappa shape index (κ1) is 19.8. The molecule has 8 heteroatoms. The highest BCUT2D eigenvalue weighted by atomic mass is 127. The van der Waals surface area contributed by atoms with Gasteiger partial charge in [-0.1, -0.05) is 6.92 Å². The molecule has 0 aromatic carbocycles. The highest BCUT2D eigenvalue weighted by Crippen LogP contribution is 2.29. The Morgan fingerprint density at radius 1 is 1.54 bits per heavy atom. The maximum atomic E-state index is 10.5. The summed E-state index contributed by atoms with van der Waals surface area (Å²) in [4.78, 5) is 10.9. The van der Waals surface area contributed by atoms with Gasteiger partial charge >= 0.3 is 0 Å². The molecule has 2 N–H and O–H groups in total. The molecule has 2 aliphatic rings. The molecule has 0 amide bonds. The lowest BCUT2D eigenvalue weighted by Crippen LogP contribution is -2.52. The molecular weight excluding hydrogens is 437 g/mol. The van der Waals surface area contributed by atoms with Gasteiger partial charge in [0.2, 0.25) is 0 Å². The van der Waals surface area contributed by atoms with Gasteiger partial charge in [-0.05, 0) is 24.5 Å². The highest BCUT2D eigenvalue weighted by Gasteiger charge is 2.33. The summed E-state index contributed by atoms with van der Waals surface area (Å²) in [5.41, 5.74) is -0.590. The van der Waals surface area contributed by atoms with Crippen LogP contribution in [0.2, 0.25) is 0 Å². The molecule has 1 aromatic rings. The van der Waals surface area contributed by atoms with Gasteiger partial charge in [0.25, 0.3) is 0 Å². The number of nitrogens with zero attached hydrogens (tertiary/aromatic N) is 4. The summed E-state index contributed by atoms with van der Waals surface area (Å²) in [6, 6.07) is 0.412. The molecule has 24 heavy (non-hydrogen) atoms. The van der Waals surface area contributed by atoms with E-state index < -0.39 is 5.60 Å². The Labute approximate surface area is 165 Å². The van der Waals surface area contributed by atoms with Crippen molar-refractivity contribution in [3.8, 4) is 0 Å². The number of halogens is 1. The lowest BCUT2D eigenvalue weighted by atomic mass is 9.93. The minimum absolute atomic E-state index is 0. The summed E-state index contributed by atoms with van der Waals surface area (Å²) in [5.74, 6) is 3.37. The molecule has 6 nitrogen and oxygen atoms in total. The molecule has 3 rings (SSSR count). The van der Waals surface area contributed by atoms with Gasteiger partial charge in [-0.15, -0.1) is 24.0 Å². The van der Waals surface area contributed by atoms with Gasteiger partial charge in [0.05, 0.1) is 18.0 Å². The maximum absolute atomic E-state index is 10.5. The monoisotopic (exact) mass is 465 g/mol. The Morgan fingerprint density at radius 3 is 3.00 bits per heavy atom. The molecule has 2 fully saturated rings. The lowest BCUT2D eigenvalue weighted by molar-refractivity contribution is 0.0710. The van der Waals surface area contributed by atoms with Gasteiger partial charge in [0.15, 0.2) is 5.96 Å². The van der Waals surface area contributed by atoms with E-state index in [4.69, 9.17) is 0 Å². The average molecular weight is 465 g/mol. The van der Waals surface area contributed by atoms with E-state index in [-0.39, 0.29) is 24.0 Å². The second-order valence-electron chi connectivity index (χ2n) is 6.72. The van der Waals surface area contributed by atoms with Crippen LogP contribution in [0.1, 0.15) is 25.8 Å². The van der Waals surface area contributed by atoms with Crippen molar-refractivity contribution >= 4 is 41.7 Å². The van der Waals surface area contributed by atoms with E-state index in [1.807, 2.05) is 37.5 Å². The van der Waals surface area contributed by atoms with Crippen molar-refractivity contribution in [2.45, 2.75) is 31.4 Å². The SMILES string of the molecule is CN=C(NCC1(O)CCSC1)N1CCC(C)C(n2ccnc2)C1.I. The van der Waals surface area contributed by atoms with Crippen LogP contribution in [0.3, 0.4) is 0 Å². The molecule has 3 atom stereocenters. The van der Waals surface area contributed by atoms with Crippen LogP contribution in [0, 0.1) is 5.92 Å². The fourth-order valence-corrected chi connectivity index (χ4v) is 4.70. The van der Waals surface area contributed by atoms with Crippen molar-refractivity contribution in [3.05, 3.63) is 18.7 Å². The third kappa shape index (κ3) is 4.57. The number of aliphatic hydroxyl groups is 1. The van der Waals surface area contributed by atoms with E-state index in [2.05, 4.69) is 31.7 Å². The van der Waals surface area contributed by atoms with Gasteiger partial charge < -0.3 is 19.9 Å². The lowest BCUT2D eigenvalue weighted by Gasteiger charge is -2.39. The Kier molecular flexibility index (Phi) is 7.23. The summed E-state index contributed by atoms with van der Waals surface area (Å²) >= 11 is 1.82. The number of thioether (sulfide) groups is 1. The smallest absolute Gasteiger partial charge is 0.193 e. The maximum Gasteiger partial charge on any atom is 0.193 e. The predicted octanol–water partition coefficient (Wildman–Crippen LogP) is 1.83. The molecule has 136 valence electrons. The van der Waals surface area contributed by atoms with Crippen LogP contribution in [-0.4, -0.2) is 69.3 Å². The van der Waals surface area contributed by atoms with Crippen LogP contribution in [0.4, 0.5) is 0 Å². The van der Waals surface area contributed by atoms with Crippen LogP contribution in [0.15, 0.2) is 23.7 Å². The van der Waals surface area contributed by atoms with Crippen LogP contribution >= 0.6 is 35.7 Å². The third-order valence-electron chi connectivity index (χ3n) is 5.00. The van der Waals surface area contributed by atoms with Crippen molar-refractivity contribution in [1.29, 1.82) is 0 Å². The summed E-state index contributed by atoms with van der Waals surface area (Å²) in [7, 11) is 1.82. The molecule has 0 aliphatic carbocycles. The molecule has 1 aromatic heterocycles. The number of rotatable bonds is 3. The molecule has 0 radical (unpaired) electrons. The van der Waals surface area contributed by atoms with Crippen molar-refractivity contribution in [3.63, 3.8) is 0 Å². The molecule has 3 heterocycles. The quantitative estimate of drug-likeness (QED) is 0.405. The van der Waals surface area contributed by atoms with E-state index in [0.717, 1.165) is 43.4 Å². The topological polar surface area (TPSA) is 65.7 Å². The fraction of sp³-hybridized carbons (Fsp3) is 0.750. The molecule has 0 saturated carbocycles. The van der Waals surface area contributed by atoms with Crippen LogP contribution in [-0.2, 0) is 0 Å². The zero-order chi connectivity index (χ0) is 16.3. The van der Waals surface area contributed by atoms with Gasteiger partial charge in [-0.25, -0.2) is 4.98 Å². The first-order valence-electron chi connectivity index (χ1n) is 8.34. The number of guanidine groups is 1. The zero-order valence-electron chi connectivity index (χ0n) is 14.4. The minimum Gasteiger partial charge on any atom is -0.387 e. The third-order valence-corrected chi connectivity index (χ3v) is 6.23. The number of nitrogens with one attached hydrogen (secondary N) is 1. The van der Waals surface area contributed by atoms with Crippen LogP contribution < -0.4 is 5.32 Å². The van der Waals surface area contributed by atoms with Crippen molar-refractivity contribution in [2.75, 3.05) is 38.2 Å². The summed E-state index contributed by atoms with van der Waals surface area (Å²) in [6.45, 7) is 4.80. The molecular formula is C16H28IN5OS. The zero-order valence-corrected chi connectivity index (χ0v) is 17.5. The number of likely N-dealkylation sites (tertiary alicyclic amines) is 1. The molecule has 2 aliphatic heterocycles. The Hall–Kier alpha value is -0.480.